The summed E-state index contributed by atoms with van der Waals surface area (Å²) in [6, 6.07) is 14.5. The summed E-state index contributed by atoms with van der Waals surface area (Å²) in [7, 11) is 0. The molecular formula is C26H26N6O2. The number of benzene rings is 1. The molecule has 3 atom stereocenters. The van der Waals surface area contributed by atoms with E-state index in [4.69, 9.17) is 10.7 Å². The van der Waals surface area contributed by atoms with Gasteiger partial charge in [0.25, 0.3) is 0 Å². The molecule has 2 aliphatic heterocycles. The number of amides is 1. The lowest BCUT2D eigenvalue weighted by Gasteiger charge is -2.38. The lowest BCUT2D eigenvalue weighted by atomic mass is 9.88. The van der Waals surface area contributed by atoms with E-state index in [-0.39, 0.29) is 23.9 Å². The minimum absolute atomic E-state index is 0.152. The highest BCUT2D eigenvalue weighted by atomic mass is 16.3. The first-order chi connectivity index (χ1) is 16.6. The maximum absolute atomic E-state index is 12.2. The molecule has 3 aromatic heterocycles. The zero-order valence-electron chi connectivity index (χ0n) is 18.7. The van der Waals surface area contributed by atoms with Crippen molar-refractivity contribution in [2.45, 2.75) is 43.7 Å². The van der Waals surface area contributed by atoms with Gasteiger partial charge in [-0.2, -0.15) is 0 Å². The van der Waals surface area contributed by atoms with Crippen molar-refractivity contribution in [3.8, 4) is 22.5 Å². The summed E-state index contributed by atoms with van der Waals surface area (Å²) >= 11 is 0. The number of pyridine rings is 1. The van der Waals surface area contributed by atoms with Crippen LogP contribution in [0, 0.1) is 0 Å². The van der Waals surface area contributed by atoms with E-state index in [1.165, 1.54) is 0 Å². The number of nitrogens with zero attached hydrogens (tertiary/aromatic N) is 5. The fraction of sp³-hybridized carbons (Fsp3) is 0.308. The summed E-state index contributed by atoms with van der Waals surface area (Å²) in [4.78, 5) is 28.0. The predicted molar refractivity (Wildman–Crippen MR) is 129 cm³/mol. The molecule has 0 radical (unpaired) electrons. The number of aliphatic hydroxyl groups excluding tert-OH is 1. The van der Waals surface area contributed by atoms with E-state index < -0.39 is 6.61 Å². The van der Waals surface area contributed by atoms with Crippen molar-refractivity contribution in [3.63, 3.8) is 0 Å². The molecule has 2 aliphatic rings. The van der Waals surface area contributed by atoms with Crippen molar-refractivity contribution in [1.82, 2.24) is 24.3 Å². The number of nitrogens with two attached hydrogens (primary N) is 1. The highest BCUT2D eigenvalue weighted by molar-refractivity contribution is 5.78. The SMILES string of the molecule is Nc1nc([C@@H]2C[C@H]3CC[C@@H](C2)N3C(=O)CO)cn2c(-c3ccc(-c4ccccc4)nc3)cnc12. The minimum Gasteiger partial charge on any atom is -0.387 e. The van der Waals surface area contributed by atoms with Crippen LogP contribution < -0.4 is 5.73 Å². The van der Waals surface area contributed by atoms with Crippen molar-refractivity contribution in [2.75, 3.05) is 12.3 Å². The molecule has 1 amide bonds. The average molecular weight is 455 g/mol. The Balaban J connectivity index is 1.33. The Morgan fingerprint density at radius 2 is 1.76 bits per heavy atom. The van der Waals surface area contributed by atoms with Gasteiger partial charge in [0.05, 0.1) is 23.3 Å². The Bertz CT molecular complexity index is 1340. The first kappa shape index (κ1) is 20.8. The molecule has 0 unspecified atom stereocenters. The number of hydrogen-bond donors (Lipinski definition) is 2. The van der Waals surface area contributed by atoms with E-state index in [1.807, 2.05) is 70.4 Å². The topological polar surface area (TPSA) is 110 Å². The van der Waals surface area contributed by atoms with Crippen LogP contribution in [0.1, 0.15) is 37.3 Å². The Morgan fingerprint density at radius 3 is 2.44 bits per heavy atom. The standard InChI is InChI=1S/C26H26N6O2/c27-25-26-29-13-23(17-6-9-21(28-12-17)16-4-2-1-3-5-16)31(26)14-22(30-25)18-10-19-7-8-20(11-18)32(19)24(34)15-33/h1-6,9,12-14,18-20,33H,7-8,10-11,15H2,(H2,27,30)/t18-,19-,20+. The van der Waals surface area contributed by atoms with Gasteiger partial charge < -0.3 is 15.7 Å². The maximum atomic E-state index is 12.2. The van der Waals surface area contributed by atoms with Gasteiger partial charge in [-0.25, -0.2) is 9.97 Å². The van der Waals surface area contributed by atoms with E-state index >= 15 is 0 Å². The number of aromatic nitrogens is 4. The van der Waals surface area contributed by atoms with Crippen molar-refractivity contribution < 1.29 is 9.90 Å². The summed E-state index contributed by atoms with van der Waals surface area (Å²) in [6.45, 7) is -0.426. The number of fused-ring (bicyclic) bond motifs is 3. The van der Waals surface area contributed by atoms with Gasteiger partial charge in [-0.15, -0.1) is 0 Å². The number of carbonyl (C=O) groups is 1. The average Bonchev–Trinajstić information content (AvgIpc) is 3.42. The van der Waals surface area contributed by atoms with E-state index in [0.717, 1.165) is 53.9 Å². The number of anilines is 1. The van der Waals surface area contributed by atoms with Gasteiger partial charge in [-0.3, -0.25) is 14.2 Å². The molecule has 8 heteroatoms. The van der Waals surface area contributed by atoms with Gasteiger partial charge in [0.1, 0.15) is 6.61 Å². The first-order valence-corrected chi connectivity index (χ1v) is 11.7. The van der Waals surface area contributed by atoms with Crippen molar-refractivity contribution in [1.29, 1.82) is 0 Å². The molecule has 2 fully saturated rings. The zero-order valence-corrected chi connectivity index (χ0v) is 18.7. The molecular weight excluding hydrogens is 428 g/mol. The lowest BCUT2D eigenvalue weighted by molar-refractivity contribution is -0.138. The largest absolute Gasteiger partial charge is 0.387 e. The molecule has 0 saturated carbocycles. The molecule has 3 N–H and O–H groups in total. The Kier molecular flexibility index (Phi) is 5.03. The summed E-state index contributed by atoms with van der Waals surface area (Å²) in [5.41, 5.74) is 11.7. The van der Waals surface area contributed by atoms with E-state index in [0.29, 0.717) is 11.5 Å². The second-order valence-electron chi connectivity index (χ2n) is 9.20. The molecule has 5 heterocycles. The number of hydrogen-bond acceptors (Lipinski definition) is 6. The molecule has 4 aromatic rings. The van der Waals surface area contributed by atoms with Gasteiger partial charge in [-0.1, -0.05) is 30.3 Å². The quantitative estimate of drug-likeness (QED) is 0.490. The van der Waals surface area contributed by atoms with Gasteiger partial charge in [0.2, 0.25) is 5.91 Å². The highest BCUT2D eigenvalue weighted by Crippen LogP contribution is 2.43. The van der Waals surface area contributed by atoms with Crippen LogP contribution in [0.3, 0.4) is 0 Å². The molecule has 1 aromatic carbocycles. The molecule has 6 rings (SSSR count). The second kappa shape index (κ2) is 8.22. The van der Waals surface area contributed by atoms with Gasteiger partial charge in [-0.05, 0) is 37.8 Å². The van der Waals surface area contributed by atoms with Gasteiger partial charge >= 0.3 is 0 Å². The van der Waals surface area contributed by atoms with Crippen molar-refractivity contribution in [3.05, 3.63) is 66.7 Å². The molecule has 2 saturated heterocycles. The number of rotatable bonds is 4. The smallest absolute Gasteiger partial charge is 0.248 e. The van der Waals surface area contributed by atoms with Crippen LogP contribution in [-0.2, 0) is 4.79 Å². The normalized spacial score (nSPS) is 21.8. The third-order valence-corrected chi connectivity index (χ3v) is 7.24. The number of nitrogen functional groups attached to an aromatic ring is 1. The van der Waals surface area contributed by atoms with Crippen LogP contribution in [0.2, 0.25) is 0 Å². The number of piperidine rings is 1. The third kappa shape index (κ3) is 3.42. The molecule has 0 spiro atoms. The van der Waals surface area contributed by atoms with Crippen LogP contribution in [0.5, 0.6) is 0 Å². The van der Waals surface area contributed by atoms with E-state index in [1.54, 1.807) is 0 Å². The minimum atomic E-state index is -0.426. The predicted octanol–water partition coefficient (Wildman–Crippen LogP) is 3.27. The van der Waals surface area contributed by atoms with E-state index in [2.05, 4.69) is 9.97 Å². The van der Waals surface area contributed by atoms with Crippen LogP contribution in [0.25, 0.3) is 28.2 Å². The Hall–Kier alpha value is -3.78. The second-order valence-corrected chi connectivity index (χ2v) is 9.20. The molecule has 0 aliphatic carbocycles. The van der Waals surface area contributed by atoms with Crippen LogP contribution in [0.4, 0.5) is 5.82 Å². The molecule has 34 heavy (non-hydrogen) atoms. The first-order valence-electron chi connectivity index (χ1n) is 11.7. The molecule has 8 nitrogen and oxygen atoms in total. The summed E-state index contributed by atoms with van der Waals surface area (Å²) in [6.07, 6.45) is 9.31. The van der Waals surface area contributed by atoms with Crippen LogP contribution >= 0.6 is 0 Å². The van der Waals surface area contributed by atoms with Gasteiger partial charge in [0, 0.05) is 41.5 Å². The lowest BCUT2D eigenvalue weighted by Crippen LogP contribution is -2.47. The number of carbonyl (C=O) groups excluding carboxylic acids is 1. The fourth-order valence-corrected chi connectivity index (χ4v) is 5.67. The third-order valence-electron chi connectivity index (χ3n) is 7.24. The van der Waals surface area contributed by atoms with Gasteiger partial charge in [0.15, 0.2) is 11.5 Å². The number of aliphatic hydroxyl groups is 1. The molecule has 172 valence electrons. The Labute approximate surface area is 197 Å². The summed E-state index contributed by atoms with van der Waals surface area (Å²) < 4.78 is 2.00. The van der Waals surface area contributed by atoms with Crippen molar-refractivity contribution in [2.24, 2.45) is 0 Å². The number of imidazole rings is 1. The Morgan fingerprint density at radius 1 is 1.00 bits per heavy atom. The van der Waals surface area contributed by atoms with E-state index in [9.17, 15) is 9.90 Å². The van der Waals surface area contributed by atoms with Crippen molar-refractivity contribution >= 4 is 17.4 Å². The zero-order chi connectivity index (χ0) is 23.2. The van der Waals surface area contributed by atoms with Crippen LogP contribution in [-0.4, -0.2) is 54.0 Å². The maximum Gasteiger partial charge on any atom is 0.248 e. The molecule has 2 bridgehead atoms. The fourth-order valence-electron chi connectivity index (χ4n) is 5.67. The summed E-state index contributed by atoms with van der Waals surface area (Å²) in [5, 5.41) is 9.35. The summed E-state index contributed by atoms with van der Waals surface area (Å²) in [5.74, 6) is 0.442. The highest BCUT2D eigenvalue weighted by Gasteiger charge is 2.43. The monoisotopic (exact) mass is 454 g/mol. The van der Waals surface area contributed by atoms with Crippen LogP contribution in [0.15, 0.2) is 61.1 Å².